The first kappa shape index (κ1) is 9.68. The Hall–Kier alpha value is -0.870. The van der Waals surface area contributed by atoms with Gasteiger partial charge in [-0.05, 0) is 19.9 Å². The molecule has 1 saturated carbocycles. The summed E-state index contributed by atoms with van der Waals surface area (Å²) < 4.78 is 5.23. The van der Waals surface area contributed by atoms with E-state index in [1.54, 1.807) is 0 Å². The average Bonchev–Trinajstić information content (AvgIpc) is 2.89. The van der Waals surface area contributed by atoms with Crippen molar-refractivity contribution in [3.8, 4) is 0 Å². The molecule has 0 unspecified atom stereocenters. The summed E-state index contributed by atoms with van der Waals surface area (Å²) in [5.41, 5.74) is 0.961. The molecule has 1 aromatic heterocycles. The lowest BCUT2D eigenvalue weighted by Gasteiger charge is -2.11. The summed E-state index contributed by atoms with van der Waals surface area (Å²) in [4.78, 5) is 2.02. The molecule has 1 aromatic rings. The van der Waals surface area contributed by atoms with E-state index in [4.69, 9.17) is 9.63 Å². The van der Waals surface area contributed by atoms with Crippen LogP contribution in [0.5, 0.6) is 0 Å². The lowest BCUT2D eigenvalue weighted by atomic mass is 10.3. The topological polar surface area (TPSA) is 49.5 Å². The third-order valence-corrected chi connectivity index (χ3v) is 2.47. The fraction of sp³-hybridized carbons (Fsp3) is 0.700. The number of hydrogen-bond donors (Lipinski definition) is 1. The van der Waals surface area contributed by atoms with Crippen LogP contribution in [0.1, 0.15) is 30.2 Å². The minimum atomic E-state index is 0.184. The quantitative estimate of drug-likeness (QED) is 0.762. The molecule has 0 amide bonds. The summed E-state index contributed by atoms with van der Waals surface area (Å²) in [6, 6.07) is 2.03. The van der Waals surface area contributed by atoms with Crippen molar-refractivity contribution in [3.05, 3.63) is 17.5 Å². The molecule has 0 aromatic carbocycles. The van der Waals surface area contributed by atoms with E-state index in [0.717, 1.165) is 18.0 Å². The molecule has 0 spiro atoms. The predicted octanol–water partition coefficient (Wildman–Crippen LogP) is 0.976. The second-order valence-electron chi connectivity index (χ2n) is 3.96. The number of aliphatic hydroxyl groups excluding tert-OH is 1. The third-order valence-electron chi connectivity index (χ3n) is 2.47. The molecule has 4 heteroatoms. The molecule has 14 heavy (non-hydrogen) atoms. The number of aromatic nitrogens is 1. The highest BCUT2D eigenvalue weighted by Gasteiger charge is 2.27. The second kappa shape index (κ2) is 4.11. The Morgan fingerprint density at radius 3 is 3.07 bits per heavy atom. The summed E-state index contributed by atoms with van der Waals surface area (Å²) in [6.07, 6.45) is 2.47. The molecule has 4 nitrogen and oxygen atoms in total. The van der Waals surface area contributed by atoms with Crippen LogP contribution in [-0.2, 0) is 6.54 Å². The third kappa shape index (κ3) is 2.33. The van der Waals surface area contributed by atoms with E-state index in [1.165, 1.54) is 12.8 Å². The first-order valence-electron chi connectivity index (χ1n) is 5.04. The van der Waals surface area contributed by atoms with Crippen molar-refractivity contribution in [2.45, 2.75) is 25.3 Å². The molecule has 0 bridgehead atoms. The van der Waals surface area contributed by atoms with Crippen LogP contribution in [0, 0.1) is 0 Å². The van der Waals surface area contributed by atoms with Crippen LogP contribution in [0.25, 0.3) is 0 Å². The van der Waals surface area contributed by atoms with Gasteiger partial charge in [-0.3, -0.25) is 4.90 Å². The number of aliphatic hydroxyl groups is 1. The molecule has 0 aliphatic heterocycles. The zero-order valence-electron chi connectivity index (χ0n) is 8.44. The van der Waals surface area contributed by atoms with Gasteiger partial charge in [0, 0.05) is 25.1 Å². The highest BCUT2D eigenvalue weighted by atomic mass is 16.5. The fourth-order valence-electron chi connectivity index (χ4n) is 1.49. The maximum atomic E-state index is 8.73. The number of rotatable bonds is 5. The lowest BCUT2D eigenvalue weighted by molar-refractivity contribution is 0.214. The zero-order valence-corrected chi connectivity index (χ0v) is 8.44. The van der Waals surface area contributed by atoms with Gasteiger partial charge in [0.05, 0.1) is 12.3 Å². The molecule has 1 fully saturated rings. The van der Waals surface area contributed by atoms with E-state index in [1.807, 2.05) is 18.0 Å². The van der Waals surface area contributed by atoms with Crippen molar-refractivity contribution in [3.63, 3.8) is 0 Å². The normalized spacial score (nSPS) is 16.5. The van der Waals surface area contributed by atoms with Gasteiger partial charge < -0.3 is 9.63 Å². The van der Waals surface area contributed by atoms with Gasteiger partial charge in [0.1, 0.15) is 5.76 Å². The monoisotopic (exact) mass is 196 g/mol. The second-order valence-corrected chi connectivity index (χ2v) is 3.96. The number of hydrogen-bond acceptors (Lipinski definition) is 4. The van der Waals surface area contributed by atoms with Crippen LogP contribution in [0.15, 0.2) is 10.6 Å². The maximum Gasteiger partial charge on any atom is 0.140 e. The first-order valence-corrected chi connectivity index (χ1v) is 5.04. The van der Waals surface area contributed by atoms with Crippen LogP contribution in [-0.4, -0.2) is 35.4 Å². The number of likely N-dealkylation sites (N-methyl/N-ethyl adjacent to an activating group) is 1. The summed E-state index contributed by atoms with van der Waals surface area (Å²) >= 11 is 0. The standard InChI is InChI=1S/C10H16N2O2/c1-12(4-5-13)7-9-6-10(14-11-9)8-2-3-8/h6,8,13H,2-5,7H2,1H3. The maximum absolute atomic E-state index is 8.73. The van der Waals surface area contributed by atoms with E-state index in [0.29, 0.717) is 12.5 Å². The highest BCUT2D eigenvalue weighted by molar-refractivity contribution is 5.14. The molecule has 0 radical (unpaired) electrons. The number of nitrogens with zero attached hydrogens (tertiary/aromatic N) is 2. The van der Waals surface area contributed by atoms with Crippen LogP contribution in [0.4, 0.5) is 0 Å². The Bertz CT molecular complexity index is 294. The average molecular weight is 196 g/mol. The van der Waals surface area contributed by atoms with E-state index in [-0.39, 0.29) is 6.61 Å². The molecule has 0 atom stereocenters. The Balaban J connectivity index is 1.88. The van der Waals surface area contributed by atoms with Crippen LogP contribution in [0.2, 0.25) is 0 Å². The summed E-state index contributed by atoms with van der Waals surface area (Å²) in [5, 5.41) is 12.7. The van der Waals surface area contributed by atoms with Gasteiger partial charge >= 0.3 is 0 Å². The minimum absolute atomic E-state index is 0.184. The lowest BCUT2D eigenvalue weighted by Crippen LogP contribution is -2.21. The first-order chi connectivity index (χ1) is 6.79. The Morgan fingerprint density at radius 1 is 1.64 bits per heavy atom. The van der Waals surface area contributed by atoms with Crippen molar-refractivity contribution in [1.29, 1.82) is 0 Å². The molecule has 0 saturated heterocycles. The molecule has 1 N–H and O–H groups in total. The Kier molecular flexibility index (Phi) is 2.84. The van der Waals surface area contributed by atoms with E-state index < -0.39 is 0 Å². The summed E-state index contributed by atoms with van der Waals surface area (Å²) in [7, 11) is 1.96. The predicted molar refractivity (Wildman–Crippen MR) is 51.9 cm³/mol. The summed E-state index contributed by atoms with van der Waals surface area (Å²) in [6.45, 7) is 1.60. The zero-order chi connectivity index (χ0) is 9.97. The highest BCUT2D eigenvalue weighted by Crippen LogP contribution is 2.40. The Labute approximate surface area is 83.5 Å². The van der Waals surface area contributed by atoms with Crippen LogP contribution < -0.4 is 0 Å². The van der Waals surface area contributed by atoms with E-state index in [9.17, 15) is 0 Å². The molecule has 2 rings (SSSR count). The van der Waals surface area contributed by atoms with Gasteiger partial charge in [-0.25, -0.2) is 0 Å². The van der Waals surface area contributed by atoms with Gasteiger partial charge in [-0.15, -0.1) is 0 Å². The van der Waals surface area contributed by atoms with Crippen molar-refractivity contribution >= 4 is 0 Å². The van der Waals surface area contributed by atoms with Crippen molar-refractivity contribution in [2.75, 3.05) is 20.2 Å². The van der Waals surface area contributed by atoms with Gasteiger partial charge in [0.15, 0.2) is 0 Å². The van der Waals surface area contributed by atoms with Gasteiger partial charge in [0.2, 0.25) is 0 Å². The van der Waals surface area contributed by atoms with Gasteiger partial charge in [0.25, 0.3) is 0 Å². The van der Waals surface area contributed by atoms with Crippen molar-refractivity contribution < 1.29 is 9.63 Å². The molecule has 1 aliphatic carbocycles. The van der Waals surface area contributed by atoms with Crippen LogP contribution >= 0.6 is 0 Å². The molecular formula is C10H16N2O2. The van der Waals surface area contributed by atoms with Gasteiger partial charge in [-0.1, -0.05) is 5.16 Å². The fourth-order valence-corrected chi connectivity index (χ4v) is 1.49. The van der Waals surface area contributed by atoms with Crippen molar-refractivity contribution in [2.24, 2.45) is 0 Å². The summed E-state index contributed by atoms with van der Waals surface area (Å²) in [5.74, 6) is 1.65. The smallest absolute Gasteiger partial charge is 0.140 e. The van der Waals surface area contributed by atoms with E-state index >= 15 is 0 Å². The van der Waals surface area contributed by atoms with Gasteiger partial charge in [-0.2, -0.15) is 0 Å². The van der Waals surface area contributed by atoms with Crippen molar-refractivity contribution in [1.82, 2.24) is 10.1 Å². The molecule has 78 valence electrons. The van der Waals surface area contributed by atoms with Crippen LogP contribution in [0.3, 0.4) is 0 Å². The van der Waals surface area contributed by atoms with E-state index in [2.05, 4.69) is 5.16 Å². The SMILES string of the molecule is CN(CCO)Cc1cc(C2CC2)on1. The molecular weight excluding hydrogens is 180 g/mol. The Morgan fingerprint density at radius 2 is 2.43 bits per heavy atom. The largest absolute Gasteiger partial charge is 0.395 e. The molecule has 1 aliphatic rings. The molecule has 1 heterocycles. The minimum Gasteiger partial charge on any atom is -0.395 e.